The first-order valence-corrected chi connectivity index (χ1v) is 7.05. The van der Waals surface area contributed by atoms with Crippen molar-refractivity contribution in [3.05, 3.63) is 23.8 Å². The standard InChI is InChI=1S/C15H21N3O3/c1-21-11-6-7-13(16)12(8-11)15(20)18(9-14(17)19)10-4-2-3-5-10/h6-8,10H,2-5,9,16H2,1H3,(H2,17,19). The molecule has 6 heteroatoms. The van der Waals surface area contributed by atoms with E-state index in [1.54, 1.807) is 23.1 Å². The zero-order valence-corrected chi connectivity index (χ0v) is 12.2. The van der Waals surface area contributed by atoms with E-state index >= 15 is 0 Å². The fourth-order valence-electron chi connectivity index (χ4n) is 2.75. The zero-order valence-electron chi connectivity index (χ0n) is 12.2. The van der Waals surface area contributed by atoms with E-state index in [9.17, 15) is 9.59 Å². The van der Waals surface area contributed by atoms with Gasteiger partial charge in [0.05, 0.1) is 19.2 Å². The van der Waals surface area contributed by atoms with Gasteiger partial charge in [-0.05, 0) is 31.0 Å². The summed E-state index contributed by atoms with van der Waals surface area (Å²) in [6.07, 6.45) is 3.90. The molecule has 0 spiro atoms. The van der Waals surface area contributed by atoms with Gasteiger partial charge in [0.15, 0.2) is 0 Å². The summed E-state index contributed by atoms with van der Waals surface area (Å²) in [7, 11) is 1.53. The molecule has 2 rings (SSSR count). The molecule has 4 N–H and O–H groups in total. The summed E-state index contributed by atoms with van der Waals surface area (Å²) < 4.78 is 5.13. The first kappa shape index (κ1) is 15.2. The number of ether oxygens (including phenoxy) is 1. The minimum Gasteiger partial charge on any atom is -0.497 e. The SMILES string of the molecule is COc1ccc(N)c(C(=O)N(CC(N)=O)C2CCCC2)c1. The number of nitrogen functional groups attached to an aromatic ring is 1. The molecule has 114 valence electrons. The average Bonchev–Trinajstić information content (AvgIpc) is 2.98. The lowest BCUT2D eigenvalue weighted by molar-refractivity contribution is -0.119. The van der Waals surface area contributed by atoms with Gasteiger partial charge < -0.3 is 21.1 Å². The Morgan fingerprint density at radius 1 is 1.33 bits per heavy atom. The van der Waals surface area contributed by atoms with E-state index in [2.05, 4.69) is 0 Å². The van der Waals surface area contributed by atoms with Crippen LogP contribution in [-0.4, -0.2) is 36.4 Å². The second-order valence-electron chi connectivity index (χ2n) is 5.29. The first-order chi connectivity index (χ1) is 10.0. The van der Waals surface area contributed by atoms with Crippen LogP contribution in [0.3, 0.4) is 0 Å². The predicted molar refractivity (Wildman–Crippen MR) is 79.9 cm³/mol. The van der Waals surface area contributed by atoms with E-state index in [4.69, 9.17) is 16.2 Å². The van der Waals surface area contributed by atoms with E-state index < -0.39 is 5.91 Å². The highest BCUT2D eigenvalue weighted by atomic mass is 16.5. The molecule has 1 saturated carbocycles. The highest BCUT2D eigenvalue weighted by Crippen LogP contribution is 2.27. The van der Waals surface area contributed by atoms with Crippen LogP contribution in [0.25, 0.3) is 0 Å². The molecule has 0 radical (unpaired) electrons. The Balaban J connectivity index is 2.30. The number of rotatable bonds is 5. The summed E-state index contributed by atoms with van der Waals surface area (Å²) in [4.78, 5) is 25.6. The first-order valence-electron chi connectivity index (χ1n) is 7.05. The molecular weight excluding hydrogens is 270 g/mol. The number of hydrogen-bond acceptors (Lipinski definition) is 4. The summed E-state index contributed by atoms with van der Waals surface area (Å²) in [6, 6.07) is 4.97. The molecule has 1 aliphatic carbocycles. The van der Waals surface area contributed by atoms with Crippen molar-refractivity contribution in [1.82, 2.24) is 4.90 Å². The summed E-state index contributed by atoms with van der Waals surface area (Å²) in [5, 5.41) is 0. The second kappa shape index (κ2) is 6.47. The third-order valence-corrected chi connectivity index (χ3v) is 3.84. The highest BCUT2D eigenvalue weighted by molar-refractivity contribution is 6.01. The van der Waals surface area contributed by atoms with E-state index in [0.29, 0.717) is 17.0 Å². The highest BCUT2D eigenvalue weighted by Gasteiger charge is 2.29. The van der Waals surface area contributed by atoms with Crippen LogP contribution in [-0.2, 0) is 4.79 Å². The fourth-order valence-corrected chi connectivity index (χ4v) is 2.75. The van der Waals surface area contributed by atoms with Crippen molar-refractivity contribution in [2.45, 2.75) is 31.7 Å². The van der Waals surface area contributed by atoms with Gasteiger partial charge in [-0.15, -0.1) is 0 Å². The maximum Gasteiger partial charge on any atom is 0.256 e. The van der Waals surface area contributed by atoms with Crippen LogP contribution >= 0.6 is 0 Å². The minimum absolute atomic E-state index is 0.0515. The fraction of sp³-hybridized carbons (Fsp3) is 0.467. The molecular formula is C15H21N3O3. The number of primary amides is 1. The van der Waals surface area contributed by atoms with Crippen LogP contribution in [0.5, 0.6) is 5.75 Å². The number of nitrogens with two attached hydrogens (primary N) is 2. The third-order valence-electron chi connectivity index (χ3n) is 3.84. The van der Waals surface area contributed by atoms with Crippen LogP contribution in [0.4, 0.5) is 5.69 Å². The maximum absolute atomic E-state index is 12.7. The molecule has 1 fully saturated rings. The second-order valence-corrected chi connectivity index (χ2v) is 5.29. The number of methoxy groups -OCH3 is 1. The number of nitrogens with zero attached hydrogens (tertiary/aromatic N) is 1. The van der Waals surface area contributed by atoms with Gasteiger partial charge in [0.2, 0.25) is 5.91 Å². The Morgan fingerprint density at radius 3 is 2.57 bits per heavy atom. The van der Waals surface area contributed by atoms with Crippen molar-refractivity contribution >= 4 is 17.5 Å². The van der Waals surface area contributed by atoms with Crippen molar-refractivity contribution in [2.75, 3.05) is 19.4 Å². The van der Waals surface area contributed by atoms with E-state index in [-0.39, 0.29) is 18.5 Å². The van der Waals surface area contributed by atoms with Gasteiger partial charge in [-0.1, -0.05) is 12.8 Å². The smallest absolute Gasteiger partial charge is 0.256 e. The van der Waals surface area contributed by atoms with Crippen molar-refractivity contribution in [3.8, 4) is 5.75 Å². The molecule has 0 aliphatic heterocycles. The molecule has 0 atom stereocenters. The lowest BCUT2D eigenvalue weighted by Gasteiger charge is -2.28. The average molecular weight is 291 g/mol. The number of carbonyl (C=O) groups is 2. The van der Waals surface area contributed by atoms with Crippen molar-refractivity contribution in [1.29, 1.82) is 0 Å². The van der Waals surface area contributed by atoms with Gasteiger partial charge in [-0.2, -0.15) is 0 Å². The van der Waals surface area contributed by atoms with Crippen LogP contribution < -0.4 is 16.2 Å². The third kappa shape index (κ3) is 3.45. The molecule has 21 heavy (non-hydrogen) atoms. The Kier molecular flexibility index (Phi) is 4.67. The lowest BCUT2D eigenvalue weighted by Crippen LogP contribution is -2.44. The molecule has 2 amide bonds. The van der Waals surface area contributed by atoms with Gasteiger partial charge >= 0.3 is 0 Å². The Morgan fingerprint density at radius 2 is 2.00 bits per heavy atom. The Labute approximate surface area is 124 Å². The molecule has 0 aromatic heterocycles. The summed E-state index contributed by atoms with van der Waals surface area (Å²) in [5.41, 5.74) is 11.9. The Hall–Kier alpha value is -2.24. The van der Waals surface area contributed by atoms with E-state index in [1.165, 1.54) is 7.11 Å². The van der Waals surface area contributed by atoms with Crippen molar-refractivity contribution in [2.24, 2.45) is 5.73 Å². The molecule has 0 unspecified atom stereocenters. The molecule has 1 aromatic carbocycles. The largest absolute Gasteiger partial charge is 0.497 e. The summed E-state index contributed by atoms with van der Waals surface area (Å²) in [5.74, 6) is -0.230. The zero-order chi connectivity index (χ0) is 15.4. The molecule has 6 nitrogen and oxygen atoms in total. The number of hydrogen-bond donors (Lipinski definition) is 2. The van der Waals surface area contributed by atoms with Gasteiger partial charge in [0.1, 0.15) is 5.75 Å². The number of benzene rings is 1. The summed E-state index contributed by atoms with van der Waals surface area (Å²) >= 11 is 0. The molecule has 0 bridgehead atoms. The molecule has 1 aliphatic rings. The van der Waals surface area contributed by atoms with Gasteiger partial charge in [-0.25, -0.2) is 0 Å². The van der Waals surface area contributed by atoms with Crippen LogP contribution in [0.1, 0.15) is 36.0 Å². The van der Waals surface area contributed by atoms with Crippen molar-refractivity contribution in [3.63, 3.8) is 0 Å². The van der Waals surface area contributed by atoms with E-state index in [1.807, 2.05) is 0 Å². The lowest BCUT2D eigenvalue weighted by atomic mass is 10.1. The number of amides is 2. The van der Waals surface area contributed by atoms with E-state index in [0.717, 1.165) is 25.7 Å². The topological polar surface area (TPSA) is 98.7 Å². The van der Waals surface area contributed by atoms with Gasteiger partial charge in [0, 0.05) is 11.7 Å². The Bertz CT molecular complexity index is 539. The quantitative estimate of drug-likeness (QED) is 0.795. The van der Waals surface area contributed by atoms with Gasteiger partial charge in [0.25, 0.3) is 5.91 Å². The van der Waals surface area contributed by atoms with Crippen molar-refractivity contribution < 1.29 is 14.3 Å². The molecule has 0 heterocycles. The molecule has 1 aromatic rings. The summed E-state index contributed by atoms with van der Waals surface area (Å²) in [6.45, 7) is -0.0832. The van der Waals surface area contributed by atoms with Gasteiger partial charge in [-0.3, -0.25) is 9.59 Å². The minimum atomic E-state index is -0.517. The monoisotopic (exact) mass is 291 g/mol. The van der Waals surface area contributed by atoms with Crippen LogP contribution in [0.15, 0.2) is 18.2 Å². The number of carbonyl (C=O) groups excluding carboxylic acids is 2. The predicted octanol–water partition coefficient (Wildman–Crippen LogP) is 1.15. The molecule has 0 saturated heterocycles. The normalized spacial score (nSPS) is 14.9. The maximum atomic E-state index is 12.7. The number of anilines is 1. The van der Waals surface area contributed by atoms with Crippen LogP contribution in [0, 0.1) is 0 Å². The van der Waals surface area contributed by atoms with Crippen LogP contribution in [0.2, 0.25) is 0 Å².